The maximum atomic E-state index is 9.10. The summed E-state index contributed by atoms with van der Waals surface area (Å²) in [5, 5.41) is 34.3. The number of phenols is 2. The number of benzene rings is 4. The zero-order valence-electron chi connectivity index (χ0n) is 20.4. The number of para-hydroxylation sites is 1. The molecule has 10 heteroatoms. The van der Waals surface area contributed by atoms with Gasteiger partial charge in [0.05, 0.1) is 11.4 Å². The number of rotatable bonds is 2. The van der Waals surface area contributed by atoms with Crippen LogP contribution in [0.3, 0.4) is 0 Å². The normalized spacial score (nSPS) is 8.83. The molecule has 8 nitrogen and oxygen atoms in total. The van der Waals surface area contributed by atoms with Crippen molar-refractivity contribution in [3.05, 3.63) is 124 Å². The molecule has 184 valence electrons. The van der Waals surface area contributed by atoms with Crippen molar-refractivity contribution in [2.24, 2.45) is 10.2 Å². The smallest absolute Gasteiger partial charge is 0.508 e. The Kier molecular flexibility index (Phi) is 20.2. The van der Waals surface area contributed by atoms with Crippen molar-refractivity contribution in [3.63, 3.8) is 0 Å². The minimum atomic E-state index is 0. The van der Waals surface area contributed by atoms with Crippen LogP contribution in [0.5, 0.6) is 11.5 Å². The number of halogens is 1. The van der Waals surface area contributed by atoms with Gasteiger partial charge in [0.25, 0.3) is 0 Å². The predicted octanol–water partition coefficient (Wildman–Crippen LogP) is 2.84. The first-order valence-electron chi connectivity index (χ1n) is 10.2. The van der Waals surface area contributed by atoms with Crippen LogP contribution in [0.4, 0.5) is 17.1 Å². The number of nitrogens with one attached hydrogen (secondary N) is 1. The summed E-state index contributed by atoms with van der Waals surface area (Å²) in [6, 6.07) is 30.9. The fourth-order valence-electron chi connectivity index (χ4n) is 2.24. The number of aryl methyl sites for hydroxylation is 2. The van der Waals surface area contributed by atoms with E-state index in [1.54, 1.807) is 48.5 Å². The maximum Gasteiger partial charge on any atom is 1.00 e. The molecular formula is C26H29ClN4NaO4+. The zero-order chi connectivity index (χ0) is 25.2. The fourth-order valence-corrected chi connectivity index (χ4v) is 2.24. The second kappa shape index (κ2) is 20.9. The van der Waals surface area contributed by atoms with Crippen LogP contribution in [-0.4, -0.2) is 10.2 Å². The van der Waals surface area contributed by atoms with E-state index < -0.39 is 0 Å². The van der Waals surface area contributed by atoms with Crippen LogP contribution in [0.25, 0.3) is 0 Å². The Morgan fingerprint density at radius 1 is 0.667 bits per heavy atom. The van der Waals surface area contributed by atoms with Crippen molar-refractivity contribution in [1.82, 2.24) is 0 Å². The maximum absolute atomic E-state index is 9.10. The van der Waals surface area contributed by atoms with Gasteiger partial charge in [-0.3, -0.25) is 10.1 Å². The monoisotopic (exact) mass is 519 g/mol. The Morgan fingerprint density at radius 3 is 1.33 bits per heavy atom. The van der Waals surface area contributed by atoms with Gasteiger partial charge in [-0.2, -0.15) is 10.2 Å². The number of hydrogen-bond acceptors (Lipinski definition) is 7. The number of azo groups is 1. The molecule has 0 saturated heterocycles. The van der Waals surface area contributed by atoms with E-state index in [2.05, 4.69) is 10.2 Å². The first-order valence-corrected chi connectivity index (χ1v) is 10.2. The van der Waals surface area contributed by atoms with Crippen molar-refractivity contribution in [1.29, 1.82) is 0 Å². The molecule has 0 amide bonds. The second-order valence-corrected chi connectivity index (χ2v) is 6.88. The molecule has 36 heavy (non-hydrogen) atoms. The molecule has 0 aliphatic rings. The summed E-state index contributed by atoms with van der Waals surface area (Å²) in [4.78, 5) is 8.12. The van der Waals surface area contributed by atoms with Crippen molar-refractivity contribution < 1.29 is 45.1 Å². The summed E-state index contributed by atoms with van der Waals surface area (Å²) in [6.45, 7) is 4.07. The molecule has 4 aromatic rings. The van der Waals surface area contributed by atoms with E-state index in [1.807, 2.05) is 68.4 Å². The third-order valence-electron chi connectivity index (χ3n) is 4.00. The molecule has 0 unspecified atom stereocenters. The summed E-state index contributed by atoms with van der Waals surface area (Å²) in [5.41, 5.74) is 10.2. The van der Waals surface area contributed by atoms with E-state index in [4.69, 9.17) is 26.1 Å². The van der Waals surface area contributed by atoms with Crippen molar-refractivity contribution in [2.75, 3.05) is 5.73 Å². The summed E-state index contributed by atoms with van der Waals surface area (Å²) in [6.07, 6.45) is 0. The number of nitrogens with two attached hydrogens (primary N) is 1. The molecule has 0 radical (unpaired) electrons. The molecule has 0 spiro atoms. The molecule has 0 aromatic heterocycles. The molecular weight excluding hydrogens is 491 g/mol. The van der Waals surface area contributed by atoms with Crippen LogP contribution in [0.1, 0.15) is 11.1 Å². The van der Waals surface area contributed by atoms with E-state index in [0.29, 0.717) is 5.75 Å². The van der Waals surface area contributed by atoms with Gasteiger partial charge in [-0.1, -0.05) is 53.6 Å². The minimum absolute atomic E-state index is 0. The van der Waals surface area contributed by atoms with Gasteiger partial charge in [0.2, 0.25) is 0 Å². The van der Waals surface area contributed by atoms with Gasteiger partial charge in [0, 0.05) is 11.0 Å². The van der Waals surface area contributed by atoms with Crippen LogP contribution in [0, 0.1) is 24.0 Å². The summed E-state index contributed by atoms with van der Waals surface area (Å²) < 4.78 is 0. The molecule has 0 aliphatic carbocycles. The van der Waals surface area contributed by atoms with E-state index in [1.165, 1.54) is 11.1 Å². The first kappa shape index (κ1) is 34.7. The third kappa shape index (κ3) is 17.1. The molecule has 4 rings (SSSR count). The zero-order valence-corrected chi connectivity index (χ0v) is 23.2. The topological polar surface area (TPSA) is 145 Å². The van der Waals surface area contributed by atoms with Gasteiger partial charge in [-0.05, 0) is 74.5 Å². The minimum Gasteiger partial charge on any atom is -0.508 e. The van der Waals surface area contributed by atoms with Crippen LogP contribution in [0.15, 0.2) is 113 Å². The standard InChI is InChI=1S/C13H12N2O.C7H9N.C6H6O.ClH.HNO2.Na/c1-10-2-4-11(5-3-10)14-15-12-6-8-13(16)9-7-12;1-6-2-4-7(8)5-3-6;7-6-4-2-1-3-5-6;;2-1-3;/h2-9,16H,1H3;2-5H,8H2,1H3;1-5,7H;1H;1H;/q;;;;;+1. The first-order chi connectivity index (χ1) is 16.3. The number of nitrogens with zero attached hydrogens (tertiary/aromatic N) is 2. The number of anilines is 1. The van der Waals surface area contributed by atoms with Crippen molar-refractivity contribution >= 4 is 29.5 Å². The number of aromatic hydroxyl groups is 2. The Balaban J connectivity index is 0. The van der Waals surface area contributed by atoms with E-state index in [0.717, 1.165) is 17.1 Å². The average molecular weight is 520 g/mol. The molecule has 0 fully saturated rings. The quantitative estimate of drug-likeness (QED) is 0.106. The van der Waals surface area contributed by atoms with Gasteiger partial charge in [-0.15, -0.1) is 12.4 Å². The molecule has 0 saturated carbocycles. The molecule has 0 bridgehead atoms. The fraction of sp³-hybridized carbons (Fsp3) is 0.0769. The average Bonchev–Trinajstić information content (AvgIpc) is 2.84. The van der Waals surface area contributed by atoms with Crippen LogP contribution in [-0.2, 0) is 0 Å². The summed E-state index contributed by atoms with van der Waals surface area (Å²) >= 11 is 0. The van der Waals surface area contributed by atoms with Crippen LogP contribution < -0.4 is 40.6 Å². The number of nitrogen functional groups attached to an aromatic ring is 1. The van der Waals surface area contributed by atoms with E-state index >= 15 is 0 Å². The summed E-state index contributed by atoms with van der Waals surface area (Å²) in [5.74, 6) is 0.553. The second-order valence-electron chi connectivity index (χ2n) is 6.88. The Morgan fingerprint density at radius 2 is 1.00 bits per heavy atom. The number of hydrogen-bond donors (Lipinski definition) is 4. The number of phenolic OH excluding ortho intramolecular Hbond substituents is 2. The van der Waals surface area contributed by atoms with Gasteiger partial charge in [-0.25, -0.2) is 0 Å². The Labute approximate surface area is 239 Å². The van der Waals surface area contributed by atoms with E-state index in [-0.39, 0.29) is 53.1 Å². The summed E-state index contributed by atoms with van der Waals surface area (Å²) in [7, 11) is 0. The van der Waals surface area contributed by atoms with E-state index in [9.17, 15) is 0 Å². The molecule has 0 aliphatic heterocycles. The SMILES string of the molecule is Cc1ccc(N)cc1.Cc1ccc(N=Nc2ccc(O)cc2)cc1.Cl.O=[NH+][O-].Oc1ccccc1.[Na+]. The van der Waals surface area contributed by atoms with Crippen molar-refractivity contribution in [2.45, 2.75) is 13.8 Å². The predicted molar refractivity (Wildman–Crippen MR) is 142 cm³/mol. The van der Waals surface area contributed by atoms with Gasteiger partial charge < -0.3 is 15.9 Å². The molecule has 0 atom stereocenters. The van der Waals surface area contributed by atoms with Gasteiger partial charge in [0.15, 0.2) is 0 Å². The molecule has 0 heterocycles. The van der Waals surface area contributed by atoms with Gasteiger partial charge >= 0.3 is 29.6 Å². The Bertz CT molecular complexity index is 1050. The van der Waals surface area contributed by atoms with Crippen molar-refractivity contribution in [3.8, 4) is 11.5 Å². The van der Waals surface area contributed by atoms with Gasteiger partial charge in [0.1, 0.15) is 11.5 Å². The third-order valence-corrected chi connectivity index (χ3v) is 4.00. The van der Waals surface area contributed by atoms with Crippen LogP contribution >= 0.6 is 12.4 Å². The Hall–Kier alpha value is -3.43. The largest absolute Gasteiger partial charge is 1.00 e. The molecule has 5 N–H and O–H groups in total. The molecule has 4 aromatic carbocycles. The van der Waals surface area contributed by atoms with Crippen LogP contribution in [0.2, 0.25) is 0 Å².